The molecular weight excluding hydrogens is 200 g/mol. The van der Waals surface area contributed by atoms with Gasteiger partial charge >= 0.3 is 0 Å². The summed E-state index contributed by atoms with van der Waals surface area (Å²) < 4.78 is 1.69. The normalized spacial score (nSPS) is 10.5. The van der Waals surface area contributed by atoms with E-state index in [1.54, 1.807) is 10.9 Å². The molecule has 0 unspecified atom stereocenters. The summed E-state index contributed by atoms with van der Waals surface area (Å²) in [6.45, 7) is 3.84. The summed E-state index contributed by atoms with van der Waals surface area (Å²) in [6.07, 6.45) is 5.10. The maximum Gasteiger partial charge on any atom is 0.161 e. The number of aryl methyl sites for hydroxylation is 1. The molecule has 0 aromatic carbocycles. The molecule has 0 N–H and O–H groups in total. The fourth-order valence-electron chi connectivity index (χ4n) is 1.18. The lowest BCUT2D eigenvalue weighted by atomic mass is 10.3. The fourth-order valence-corrected chi connectivity index (χ4v) is 1.31. The third-order valence-corrected chi connectivity index (χ3v) is 2.31. The molecule has 0 radical (unpaired) electrons. The molecule has 0 aliphatic carbocycles. The molecule has 72 valence electrons. The summed E-state index contributed by atoms with van der Waals surface area (Å²) in [5, 5.41) is 4.62. The Bertz CT molecular complexity index is 464. The van der Waals surface area contributed by atoms with Crippen molar-refractivity contribution >= 4 is 11.6 Å². The van der Waals surface area contributed by atoms with E-state index < -0.39 is 0 Å². The van der Waals surface area contributed by atoms with E-state index in [4.69, 9.17) is 11.6 Å². The van der Waals surface area contributed by atoms with Gasteiger partial charge in [0, 0.05) is 11.8 Å². The maximum absolute atomic E-state index is 5.88. The molecule has 0 saturated heterocycles. The van der Waals surface area contributed by atoms with Gasteiger partial charge in [-0.2, -0.15) is 5.10 Å². The van der Waals surface area contributed by atoms with Gasteiger partial charge in [-0.25, -0.2) is 14.6 Å². The number of hydrogen-bond acceptors (Lipinski definition) is 3. The first-order valence-electron chi connectivity index (χ1n) is 4.17. The minimum absolute atomic E-state index is 0.461. The van der Waals surface area contributed by atoms with Crippen LogP contribution in [-0.4, -0.2) is 19.7 Å². The van der Waals surface area contributed by atoms with Crippen LogP contribution in [0.15, 0.2) is 18.7 Å². The van der Waals surface area contributed by atoms with Crippen LogP contribution in [0.1, 0.15) is 11.1 Å². The zero-order chi connectivity index (χ0) is 10.1. The highest BCUT2D eigenvalue weighted by Crippen LogP contribution is 2.16. The molecule has 2 rings (SSSR count). The van der Waals surface area contributed by atoms with E-state index in [1.807, 2.05) is 20.0 Å². The van der Waals surface area contributed by atoms with Crippen molar-refractivity contribution in [1.29, 1.82) is 0 Å². The van der Waals surface area contributed by atoms with Crippen LogP contribution in [0.2, 0.25) is 5.15 Å². The Morgan fingerprint density at radius 2 is 2.07 bits per heavy atom. The third-order valence-electron chi connectivity index (χ3n) is 1.92. The molecule has 0 atom stereocenters. The van der Waals surface area contributed by atoms with E-state index >= 15 is 0 Å². The highest BCUT2D eigenvalue weighted by atomic mass is 35.5. The number of hydrogen-bond donors (Lipinski definition) is 0. The molecule has 2 aromatic rings. The molecule has 2 aromatic heterocycles. The Balaban J connectivity index is 2.57. The third kappa shape index (κ3) is 1.48. The molecule has 0 bridgehead atoms. The van der Waals surface area contributed by atoms with Gasteiger partial charge in [-0.15, -0.1) is 0 Å². The first-order chi connectivity index (χ1) is 6.68. The van der Waals surface area contributed by atoms with Gasteiger partial charge in [-0.05, 0) is 19.4 Å². The Labute approximate surface area is 86.6 Å². The average Bonchev–Trinajstić information content (AvgIpc) is 2.57. The van der Waals surface area contributed by atoms with E-state index in [1.165, 1.54) is 6.33 Å². The lowest BCUT2D eigenvalue weighted by Crippen LogP contribution is -2.02. The zero-order valence-electron chi connectivity index (χ0n) is 7.90. The molecule has 0 aliphatic heterocycles. The minimum atomic E-state index is 0.461. The molecule has 0 amide bonds. The van der Waals surface area contributed by atoms with Gasteiger partial charge in [0.25, 0.3) is 0 Å². The topological polar surface area (TPSA) is 43.6 Å². The summed E-state index contributed by atoms with van der Waals surface area (Å²) in [5.41, 5.74) is 1.91. The molecule has 0 spiro atoms. The van der Waals surface area contributed by atoms with E-state index in [9.17, 15) is 0 Å². The molecule has 14 heavy (non-hydrogen) atoms. The minimum Gasteiger partial charge on any atom is -0.224 e. The van der Waals surface area contributed by atoms with Gasteiger partial charge in [0.2, 0.25) is 0 Å². The average molecular weight is 209 g/mol. The highest BCUT2D eigenvalue weighted by molar-refractivity contribution is 6.30. The first-order valence-corrected chi connectivity index (χ1v) is 4.55. The van der Waals surface area contributed by atoms with Crippen molar-refractivity contribution in [3.05, 3.63) is 35.0 Å². The molecule has 2 heterocycles. The van der Waals surface area contributed by atoms with Crippen molar-refractivity contribution in [2.75, 3.05) is 0 Å². The van der Waals surface area contributed by atoms with Crippen molar-refractivity contribution in [3.63, 3.8) is 0 Å². The van der Waals surface area contributed by atoms with E-state index in [-0.39, 0.29) is 0 Å². The fraction of sp³-hybridized carbons (Fsp3) is 0.222. The molecule has 4 nitrogen and oxygen atoms in total. The number of nitrogens with zero attached hydrogens (tertiary/aromatic N) is 4. The summed E-state index contributed by atoms with van der Waals surface area (Å²) >= 11 is 5.88. The second-order valence-corrected chi connectivity index (χ2v) is 3.43. The SMILES string of the molecule is Cc1cnn(-c2ncnc(Cl)c2C)c1. The number of aromatic nitrogens is 4. The van der Waals surface area contributed by atoms with Gasteiger partial charge < -0.3 is 0 Å². The smallest absolute Gasteiger partial charge is 0.161 e. The van der Waals surface area contributed by atoms with E-state index in [0.717, 1.165) is 16.9 Å². The first kappa shape index (κ1) is 9.15. The summed E-state index contributed by atoms with van der Waals surface area (Å²) in [6, 6.07) is 0. The molecule has 0 fully saturated rings. The molecule has 0 aliphatic rings. The Hall–Kier alpha value is -1.42. The highest BCUT2D eigenvalue weighted by Gasteiger charge is 2.07. The predicted molar refractivity (Wildman–Crippen MR) is 53.6 cm³/mol. The summed E-state index contributed by atoms with van der Waals surface area (Å²) in [5.74, 6) is 0.720. The van der Waals surface area contributed by atoms with Crippen LogP contribution in [0.3, 0.4) is 0 Å². The van der Waals surface area contributed by atoms with Crippen LogP contribution < -0.4 is 0 Å². The standard InChI is InChI=1S/C9H9ClN4/c1-6-3-13-14(4-6)9-7(2)8(10)11-5-12-9/h3-5H,1-2H3. The second kappa shape index (κ2) is 3.38. The Morgan fingerprint density at radius 1 is 1.29 bits per heavy atom. The molecule has 5 heteroatoms. The van der Waals surface area contributed by atoms with Gasteiger partial charge in [0.1, 0.15) is 11.5 Å². The van der Waals surface area contributed by atoms with E-state index in [2.05, 4.69) is 15.1 Å². The quantitative estimate of drug-likeness (QED) is 0.673. The predicted octanol–water partition coefficient (Wildman–Crippen LogP) is 1.93. The van der Waals surface area contributed by atoms with Gasteiger partial charge in [-0.3, -0.25) is 0 Å². The largest absolute Gasteiger partial charge is 0.224 e. The molecule has 0 saturated carbocycles. The van der Waals surface area contributed by atoms with Gasteiger partial charge in [0.15, 0.2) is 5.82 Å². The van der Waals surface area contributed by atoms with Crippen molar-refractivity contribution in [2.45, 2.75) is 13.8 Å². The van der Waals surface area contributed by atoms with Crippen LogP contribution >= 0.6 is 11.6 Å². The summed E-state index contributed by atoms with van der Waals surface area (Å²) in [7, 11) is 0. The number of halogens is 1. The summed E-state index contributed by atoms with van der Waals surface area (Å²) in [4.78, 5) is 8.01. The maximum atomic E-state index is 5.88. The lowest BCUT2D eigenvalue weighted by Gasteiger charge is -2.04. The van der Waals surface area contributed by atoms with Crippen LogP contribution in [-0.2, 0) is 0 Å². The van der Waals surface area contributed by atoms with Gasteiger partial charge in [0.05, 0.1) is 6.20 Å². The second-order valence-electron chi connectivity index (χ2n) is 3.08. The zero-order valence-corrected chi connectivity index (χ0v) is 8.65. The Kier molecular flexibility index (Phi) is 2.21. The van der Waals surface area contributed by atoms with Crippen LogP contribution in [0.4, 0.5) is 0 Å². The van der Waals surface area contributed by atoms with Crippen molar-refractivity contribution in [3.8, 4) is 5.82 Å². The number of rotatable bonds is 1. The van der Waals surface area contributed by atoms with Crippen molar-refractivity contribution < 1.29 is 0 Å². The van der Waals surface area contributed by atoms with Crippen molar-refractivity contribution in [2.24, 2.45) is 0 Å². The van der Waals surface area contributed by atoms with E-state index in [0.29, 0.717) is 5.15 Å². The van der Waals surface area contributed by atoms with Crippen molar-refractivity contribution in [1.82, 2.24) is 19.7 Å². The molecular formula is C9H9ClN4. The lowest BCUT2D eigenvalue weighted by molar-refractivity contribution is 0.829. The van der Waals surface area contributed by atoms with Crippen LogP contribution in [0.25, 0.3) is 5.82 Å². The van der Waals surface area contributed by atoms with Crippen LogP contribution in [0, 0.1) is 13.8 Å². The van der Waals surface area contributed by atoms with Crippen LogP contribution in [0.5, 0.6) is 0 Å². The Morgan fingerprint density at radius 3 is 2.71 bits per heavy atom. The monoisotopic (exact) mass is 208 g/mol. The van der Waals surface area contributed by atoms with Gasteiger partial charge in [-0.1, -0.05) is 11.6 Å².